The summed E-state index contributed by atoms with van der Waals surface area (Å²) in [7, 11) is -3.39. The van der Waals surface area contributed by atoms with E-state index in [1.165, 1.54) is 30.3 Å². The molecule has 1 amide bonds. The van der Waals surface area contributed by atoms with E-state index >= 15 is 0 Å². The van der Waals surface area contributed by atoms with E-state index < -0.39 is 45.2 Å². The number of aliphatic hydroxyl groups excluding tert-OH is 1. The first-order valence-corrected chi connectivity index (χ1v) is 12.1. The predicted octanol–water partition coefficient (Wildman–Crippen LogP) is 3.00. The van der Waals surface area contributed by atoms with E-state index in [4.69, 9.17) is 4.74 Å². The van der Waals surface area contributed by atoms with Crippen LogP contribution >= 0.6 is 0 Å². The molecule has 2 fully saturated rings. The fourth-order valence-corrected chi connectivity index (χ4v) is 5.95. The van der Waals surface area contributed by atoms with Crippen LogP contribution in [0.3, 0.4) is 0 Å². The largest absolute Gasteiger partial charge is 0.507 e. The number of carbonyl (C=O) groups excluding carboxylic acids is 2. The van der Waals surface area contributed by atoms with E-state index in [0.29, 0.717) is 5.75 Å². The van der Waals surface area contributed by atoms with Crippen LogP contribution in [0, 0.1) is 5.82 Å². The Labute approximate surface area is 190 Å². The number of likely N-dealkylation sites (tertiary alicyclic amines) is 1. The number of Topliss-reactive ketones (excluding diaryl/α,β-unsaturated/α-hetero) is 1. The third kappa shape index (κ3) is 4.28. The van der Waals surface area contributed by atoms with Gasteiger partial charge in [0.2, 0.25) is 0 Å². The molecular weight excluding hydrogens is 449 g/mol. The molecule has 0 saturated carbocycles. The molecule has 0 aliphatic carbocycles. The van der Waals surface area contributed by atoms with E-state index in [9.17, 15) is 27.5 Å². The van der Waals surface area contributed by atoms with Crippen LogP contribution < -0.4 is 4.74 Å². The quantitative estimate of drug-likeness (QED) is 0.301. The van der Waals surface area contributed by atoms with Crippen LogP contribution in [0.15, 0.2) is 66.8 Å². The number of carbonyl (C=O) groups is 2. The third-order valence-corrected chi connectivity index (χ3v) is 7.53. The van der Waals surface area contributed by atoms with Crippen LogP contribution in [0.2, 0.25) is 0 Å². The summed E-state index contributed by atoms with van der Waals surface area (Å²) in [4.78, 5) is 27.1. The highest BCUT2D eigenvalue weighted by molar-refractivity contribution is 7.91. The molecule has 2 aliphatic heterocycles. The summed E-state index contributed by atoms with van der Waals surface area (Å²) in [5, 5.41) is 11.0. The van der Waals surface area contributed by atoms with Gasteiger partial charge < -0.3 is 14.7 Å². The highest BCUT2D eigenvalue weighted by atomic mass is 32.2. The van der Waals surface area contributed by atoms with Crippen molar-refractivity contribution in [2.45, 2.75) is 18.5 Å². The number of ether oxygens (including phenoxy) is 1. The first-order valence-electron chi connectivity index (χ1n) is 10.3. The number of hydrogen-bond donors (Lipinski definition) is 1. The van der Waals surface area contributed by atoms with Gasteiger partial charge in [-0.1, -0.05) is 30.9 Å². The van der Waals surface area contributed by atoms with Crippen molar-refractivity contribution >= 4 is 27.3 Å². The molecule has 2 aromatic rings. The van der Waals surface area contributed by atoms with Crippen molar-refractivity contribution in [2.75, 3.05) is 18.1 Å². The van der Waals surface area contributed by atoms with Gasteiger partial charge in [0.25, 0.3) is 11.7 Å². The SMILES string of the molecule is C=CCOc1ccc(C(O)=C2C(=O)C(=O)N([C@H]3CCS(=O)(=O)C3)[C@@H]2c2ccccc2F)cc1. The van der Waals surface area contributed by atoms with Gasteiger partial charge in [0.1, 0.15) is 23.9 Å². The van der Waals surface area contributed by atoms with Crippen molar-refractivity contribution in [1.29, 1.82) is 0 Å². The predicted molar refractivity (Wildman–Crippen MR) is 120 cm³/mol. The molecule has 0 radical (unpaired) electrons. The minimum absolute atomic E-state index is 0.00786. The summed E-state index contributed by atoms with van der Waals surface area (Å²) in [5.74, 6) is -3.03. The highest BCUT2D eigenvalue weighted by Crippen LogP contribution is 2.43. The van der Waals surface area contributed by atoms with Gasteiger partial charge in [-0.3, -0.25) is 9.59 Å². The standard InChI is InChI=1S/C24H22FNO6S/c1-2-12-32-17-9-7-15(8-10-17)22(27)20-21(18-5-3-4-6-19(18)25)26(24(29)23(20)28)16-11-13-33(30,31)14-16/h2-10,16,21,27H,1,11-14H2/t16-,21+/m0/s1. The van der Waals surface area contributed by atoms with Gasteiger partial charge >= 0.3 is 0 Å². The number of hydrogen-bond acceptors (Lipinski definition) is 6. The van der Waals surface area contributed by atoms with Crippen LogP contribution in [0.5, 0.6) is 5.75 Å². The molecule has 2 atom stereocenters. The number of benzene rings is 2. The molecule has 0 aromatic heterocycles. The Morgan fingerprint density at radius 3 is 2.48 bits per heavy atom. The van der Waals surface area contributed by atoms with Crippen LogP contribution in [-0.4, -0.2) is 54.3 Å². The maximum absolute atomic E-state index is 14.8. The zero-order valence-electron chi connectivity index (χ0n) is 17.6. The molecule has 2 aliphatic rings. The molecule has 0 bridgehead atoms. The summed E-state index contributed by atoms with van der Waals surface area (Å²) in [6.07, 6.45) is 1.71. The lowest BCUT2D eigenvalue weighted by Gasteiger charge is -2.30. The molecule has 0 unspecified atom stereocenters. The average Bonchev–Trinajstić information content (AvgIpc) is 3.28. The molecule has 172 valence electrons. The fraction of sp³-hybridized carbons (Fsp3) is 0.250. The zero-order valence-corrected chi connectivity index (χ0v) is 18.4. The first-order chi connectivity index (χ1) is 15.7. The lowest BCUT2D eigenvalue weighted by molar-refractivity contribution is -0.141. The zero-order chi connectivity index (χ0) is 23.8. The van der Waals surface area contributed by atoms with Gasteiger partial charge in [-0.25, -0.2) is 12.8 Å². The van der Waals surface area contributed by atoms with Gasteiger partial charge in [-0.2, -0.15) is 0 Å². The number of halogens is 1. The highest BCUT2D eigenvalue weighted by Gasteiger charge is 2.51. The lowest BCUT2D eigenvalue weighted by atomic mass is 9.94. The lowest BCUT2D eigenvalue weighted by Crippen LogP contribution is -2.40. The summed E-state index contributed by atoms with van der Waals surface area (Å²) >= 11 is 0. The van der Waals surface area contributed by atoms with Crippen molar-refractivity contribution in [3.63, 3.8) is 0 Å². The molecular formula is C24H22FNO6S. The molecule has 2 aromatic carbocycles. The Bertz CT molecular complexity index is 1250. The third-order valence-electron chi connectivity index (χ3n) is 5.78. The van der Waals surface area contributed by atoms with Crippen molar-refractivity contribution in [3.8, 4) is 5.75 Å². The number of nitrogens with zero attached hydrogens (tertiary/aromatic N) is 1. The topological polar surface area (TPSA) is 101 Å². The second-order valence-corrected chi connectivity index (χ2v) is 10.1. The normalized spacial score (nSPS) is 23.6. The van der Waals surface area contributed by atoms with Crippen LogP contribution in [0.1, 0.15) is 23.6 Å². The summed E-state index contributed by atoms with van der Waals surface area (Å²) in [6.45, 7) is 3.85. The fourth-order valence-electron chi connectivity index (χ4n) is 4.24. The smallest absolute Gasteiger partial charge is 0.295 e. The number of sulfone groups is 1. The molecule has 0 spiro atoms. The second kappa shape index (κ2) is 8.82. The van der Waals surface area contributed by atoms with E-state index in [2.05, 4.69) is 6.58 Å². The number of aliphatic hydroxyl groups is 1. The number of rotatable bonds is 6. The van der Waals surface area contributed by atoms with E-state index in [0.717, 1.165) is 4.90 Å². The Balaban J connectivity index is 1.83. The molecule has 33 heavy (non-hydrogen) atoms. The van der Waals surface area contributed by atoms with Crippen molar-refractivity contribution in [3.05, 3.63) is 83.7 Å². The minimum atomic E-state index is -3.39. The summed E-state index contributed by atoms with van der Waals surface area (Å²) in [5.41, 5.74) is -0.0398. The minimum Gasteiger partial charge on any atom is -0.507 e. The average molecular weight is 472 g/mol. The van der Waals surface area contributed by atoms with Crippen molar-refractivity contribution < 1.29 is 32.2 Å². The molecule has 2 heterocycles. The Hall–Kier alpha value is -3.46. The molecule has 4 rings (SSSR count). The van der Waals surface area contributed by atoms with Crippen molar-refractivity contribution in [2.24, 2.45) is 0 Å². The Morgan fingerprint density at radius 1 is 1.18 bits per heavy atom. The second-order valence-electron chi connectivity index (χ2n) is 7.91. The van der Waals surface area contributed by atoms with Gasteiger partial charge in [0.15, 0.2) is 9.84 Å². The van der Waals surface area contributed by atoms with Crippen molar-refractivity contribution in [1.82, 2.24) is 4.90 Å². The Morgan fingerprint density at radius 2 is 1.88 bits per heavy atom. The van der Waals surface area contributed by atoms with E-state index in [1.807, 2.05) is 0 Å². The summed E-state index contributed by atoms with van der Waals surface area (Å²) < 4.78 is 44.4. The van der Waals surface area contributed by atoms with Crippen LogP contribution in [0.4, 0.5) is 4.39 Å². The summed E-state index contributed by atoms with van der Waals surface area (Å²) in [6, 6.07) is 9.76. The molecule has 2 saturated heterocycles. The number of amides is 1. The van der Waals surface area contributed by atoms with E-state index in [1.54, 1.807) is 24.3 Å². The van der Waals surface area contributed by atoms with Gasteiger partial charge in [-0.15, -0.1) is 0 Å². The molecule has 9 heteroatoms. The van der Waals surface area contributed by atoms with Crippen LogP contribution in [-0.2, 0) is 19.4 Å². The number of ketones is 1. The van der Waals surface area contributed by atoms with Crippen LogP contribution in [0.25, 0.3) is 5.76 Å². The molecule has 1 N–H and O–H groups in total. The molecule has 7 nitrogen and oxygen atoms in total. The van der Waals surface area contributed by atoms with Gasteiger partial charge in [0, 0.05) is 17.2 Å². The maximum atomic E-state index is 14.8. The maximum Gasteiger partial charge on any atom is 0.295 e. The monoisotopic (exact) mass is 471 g/mol. The first kappa shape index (κ1) is 22.7. The Kier molecular flexibility index (Phi) is 6.07. The van der Waals surface area contributed by atoms with E-state index in [-0.39, 0.29) is 41.2 Å². The van der Waals surface area contributed by atoms with Gasteiger partial charge in [0.05, 0.1) is 23.1 Å². The van der Waals surface area contributed by atoms with Gasteiger partial charge in [-0.05, 0) is 36.8 Å².